The van der Waals surface area contributed by atoms with E-state index in [9.17, 15) is 0 Å². The summed E-state index contributed by atoms with van der Waals surface area (Å²) in [5, 5.41) is 0. The van der Waals surface area contributed by atoms with Crippen molar-refractivity contribution < 1.29 is 0 Å². The van der Waals surface area contributed by atoms with Gasteiger partial charge in [0.2, 0.25) is 0 Å². The van der Waals surface area contributed by atoms with Gasteiger partial charge in [-0.1, -0.05) is 64.0 Å². The highest BCUT2D eigenvalue weighted by atomic mass is 14.4. The minimum Gasteiger partial charge on any atom is -0.0851 e. The molecule has 3 unspecified atom stereocenters. The van der Waals surface area contributed by atoms with Gasteiger partial charge in [-0.15, -0.1) is 0 Å². The Bertz CT molecular complexity index is 293. The molecular weight excluding hydrogens is 228 g/mol. The van der Waals surface area contributed by atoms with Gasteiger partial charge in [0.1, 0.15) is 0 Å². The summed E-state index contributed by atoms with van der Waals surface area (Å²) in [6.45, 7) is 2.42. The minimum atomic E-state index is 0.917. The Kier molecular flexibility index (Phi) is 4.66. The first kappa shape index (κ1) is 13.7. The van der Waals surface area contributed by atoms with Gasteiger partial charge in [0.25, 0.3) is 0 Å². The minimum absolute atomic E-state index is 0.917. The number of allylic oxidation sites excluding steroid dienone is 2. The van der Waals surface area contributed by atoms with Gasteiger partial charge in [-0.25, -0.2) is 0 Å². The van der Waals surface area contributed by atoms with Gasteiger partial charge in [-0.05, 0) is 55.3 Å². The summed E-state index contributed by atoms with van der Waals surface area (Å²) in [6.07, 6.45) is 21.8. The van der Waals surface area contributed by atoms with Crippen molar-refractivity contribution in [2.75, 3.05) is 0 Å². The first-order valence-corrected chi connectivity index (χ1v) is 9.01. The van der Waals surface area contributed by atoms with E-state index >= 15 is 0 Å². The van der Waals surface area contributed by atoms with Gasteiger partial charge in [0.15, 0.2) is 0 Å². The molecule has 0 radical (unpaired) electrons. The quantitative estimate of drug-likeness (QED) is 0.536. The molecule has 0 nitrogen and oxygen atoms in total. The summed E-state index contributed by atoms with van der Waals surface area (Å²) in [5.74, 6) is 4.99. The van der Waals surface area contributed by atoms with Gasteiger partial charge in [0, 0.05) is 0 Å². The van der Waals surface area contributed by atoms with E-state index in [0.717, 1.165) is 29.6 Å². The van der Waals surface area contributed by atoms with E-state index in [2.05, 4.69) is 19.1 Å². The highest BCUT2D eigenvalue weighted by Crippen LogP contribution is 2.44. The van der Waals surface area contributed by atoms with Crippen LogP contribution < -0.4 is 0 Å². The third-order valence-electron chi connectivity index (χ3n) is 6.32. The van der Waals surface area contributed by atoms with Crippen LogP contribution in [0.3, 0.4) is 0 Å². The van der Waals surface area contributed by atoms with E-state index in [-0.39, 0.29) is 0 Å². The Hall–Kier alpha value is -0.260. The second-order valence-electron chi connectivity index (χ2n) is 7.71. The van der Waals surface area contributed by atoms with Crippen molar-refractivity contribution in [2.24, 2.45) is 29.6 Å². The maximum atomic E-state index is 2.67. The summed E-state index contributed by atoms with van der Waals surface area (Å²) >= 11 is 0. The van der Waals surface area contributed by atoms with Crippen LogP contribution in [0.4, 0.5) is 0 Å². The Labute approximate surface area is 120 Å². The summed E-state index contributed by atoms with van der Waals surface area (Å²) in [7, 11) is 0. The van der Waals surface area contributed by atoms with Crippen LogP contribution in [0.15, 0.2) is 12.2 Å². The average molecular weight is 260 g/mol. The smallest absolute Gasteiger partial charge is 0.0202 e. The maximum absolute atomic E-state index is 2.67. The number of rotatable bonds is 2. The second kappa shape index (κ2) is 6.46. The van der Waals surface area contributed by atoms with Crippen LogP contribution >= 0.6 is 0 Å². The van der Waals surface area contributed by atoms with Gasteiger partial charge in [-0.2, -0.15) is 0 Å². The lowest BCUT2D eigenvalue weighted by atomic mass is 9.65. The highest BCUT2D eigenvalue weighted by molar-refractivity contribution is 5.00. The molecule has 0 amide bonds. The molecule has 19 heavy (non-hydrogen) atoms. The Morgan fingerprint density at radius 3 is 2.26 bits per heavy atom. The molecular formula is C19H32. The molecule has 0 aromatic rings. The molecule has 0 saturated heterocycles. The van der Waals surface area contributed by atoms with Crippen LogP contribution in [0, 0.1) is 29.6 Å². The first-order valence-electron chi connectivity index (χ1n) is 9.01. The van der Waals surface area contributed by atoms with Crippen LogP contribution in [0.1, 0.15) is 77.6 Å². The summed E-state index contributed by atoms with van der Waals surface area (Å²) in [5.41, 5.74) is 0. The van der Waals surface area contributed by atoms with Crippen LogP contribution in [-0.4, -0.2) is 0 Å². The molecule has 0 bridgehead atoms. The van der Waals surface area contributed by atoms with E-state index in [1.54, 1.807) is 0 Å². The number of fused-ring (bicyclic) bond motifs is 1. The summed E-state index contributed by atoms with van der Waals surface area (Å²) < 4.78 is 0. The Morgan fingerprint density at radius 1 is 0.684 bits per heavy atom. The molecule has 0 aromatic heterocycles. The fourth-order valence-corrected chi connectivity index (χ4v) is 5.01. The first-order chi connectivity index (χ1) is 9.33. The van der Waals surface area contributed by atoms with E-state index in [4.69, 9.17) is 0 Å². The van der Waals surface area contributed by atoms with Crippen LogP contribution in [0.25, 0.3) is 0 Å². The lowest BCUT2D eigenvalue weighted by molar-refractivity contribution is 0.129. The normalized spacial score (nSPS) is 44.2. The van der Waals surface area contributed by atoms with Crippen molar-refractivity contribution in [1.29, 1.82) is 0 Å². The van der Waals surface area contributed by atoms with Crippen molar-refractivity contribution in [3.63, 3.8) is 0 Å². The van der Waals surface area contributed by atoms with E-state index in [1.165, 1.54) is 70.6 Å². The van der Waals surface area contributed by atoms with Crippen molar-refractivity contribution in [1.82, 2.24) is 0 Å². The monoisotopic (exact) mass is 260 g/mol. The third-order valence-corrected chi connectivity index (χ3v) is 6.32. The maximum Gasteiger partial charge on any atom is -0.0202 e. The van der Waals surface area contributed by atoms with Gasteiger partial charge in [0.05, 0.1) is 0 Å². The number of hydrogen-bond acceptors (Lipinski definition) is 0. The van der Waals surface area contributed by atoms with Crippen molar-refractivity contribution in [2.45, 2.75) is 77.6 Å². The lowest BCUT2D eigenvalue weighted by Gasteiger charge is -2.40. The fourth-order valence-electron chi connectivity index (χ4n) is 5.01. The summed E-state index contributed by atoms with van der Waals surface area (Å²) in [4.78, 5) is 0. The zero-order valence-electron chi connectivity index (χ0n) is 12.8. The molecule has 0 heteroatoms. The van der Waals surface area contributed by atoms with Crippen molar-refractivity contribution in [3.05, 3.63) is 12.2 Å². The van der Waals surface area contributed by atoms with E-state index in [1.807, 2.05) is 0 Å². The average Bonchev–Trinajstić information content (AvgIpc) is 2.47. The molecule has 3 rings (SSSR count). The van der Waals surface area contributed by atoms with E-state index < -0.39 is 0 Å². The molecule has 108 valence electrons. The van der Waals surface area contributed by atoms with Gasteiger partial charge >= 0.3 is 0 Å². The standard InChI is InChI=1S/C19H32/c1-15-9-11-16(12-10-15)13-14-18-7-4-6-17-5-2-3-8-19(17)18/h13-19H,2-12H2,1H3/b14-13+. The van der Waals surface area contributed by atoms with Crippen LogP contribution in [-0.2, 0) is 0 Å². The van der Waals surface area contributed by atoms with Crippen molar-refractivity contribution in [3.8, 4) is 0 Å². The predicted molar refractivity (Wildman–Crippen MR) is 83.1 cm³/mol. The molecule has 3 atom stereocenters. The highest BCUT2D eigenvalue weighted by Gasteiger charge is 2.33. The van der Waals surface area contributed by atoms with Gasteiger partial charge < -0.3 is 0 Å². The zero-order chi connectivity index (χ0) is 13.1. The lowest BCUT2D eigenvalue weighted by Crippen LogP contribution is -2.30. The topological polar surface area (TPSA) is 0 Å². The molecule has 3 fully saturated rings. The zero-order valence-corrected chi connectivity index (χ0v) is 12.8. The molecule has 0 spiro atoms. The summed E-state index contributed by atoms with van der Waals surface area (Å²) in [6, 6.07) is 0. The molecule has 3 aliphatic carbocycles. The van der Waals surface area contributed by atoms with Crippen LogP contribution in [0.2, 0.25) is 0 Å². The second-order valence-corrected chi connectivity index (χ2v) is 7.71. The van der Waals surface area contributed by atoms with E-state index in [0.29, 0.717) is 0 Å². The molecule has 0 N–H and O–H groups in total. The van der Waals surface area contributed by atoms with Gasteiger partial charge in [-0.3, -0.25) is 0 Å². The molecule has 0 aliphatic heterocycles. The van der Waals surface area contributed by atoms with Crippen molar-refractivity contribution >= 4 is 0 Å². The van der Waals surface area contributed by atoms with Crippen LogP contribution in [0.5, 0.6) is 0 Å². The fraction of sp³-hybridized carbons (Fsp3) is 0.895. The Balaban J connectivity index is 1.55. The molecule has 3 saturated carbocycles. The molecule has 0 heterocycles. The largest absolute Gasteiger partial charge is 0.0851 e. The molecule has 0 aromatic carbocycles. The Morgan fingerprint density at radius 2 is 1.42 bits per heavy atom. The SMILES string of the molecule is CC1CCC(/C=C/C2CCCC3CCCCC23)CC1. The predicted octanol–water partition coefficient (Wildman–Crippen LogP) is 5.98. The number of hydrogen-bond donors (Lipinski definition) is 0. The molecule has 3 aliphatic rings. The third kappa shape index (κ3) is 3.44.